The fourth-order valence-electron chi connectivity index (χ4n) is 1.56. The molecule has 0 amide bonds. The smallest absolute Gasteiger partial charge is 0.0439 e. The number of hydrogen-bond donors (Lipinski definition) is 1. The van der Waals surface area contributed by atoms with Crippen LogP contribution in [0.5, 0.6) is 0 Å². The molecule has 0 aliphatic carbocycles. The van der Waals surface area contributed by atoms with E-state index < -0.39 is 0 Å². The highest BCUT2D eigenvalue weighted by molar-refractivity contribution is 6.01. The van der Waals surface area contributed by atoms with Crippen LogP contribution >= 0.6 is 0 Å². The van der Waals surface area contributed by atoms with Crippen molar-refractivity contribution in [3.8, 4) is 0 Å². The first kappa shape index (κ1) is 12.0. The van der Waals surface area contributed by atoms with Crippen molar-refractivity contribution in [2.75, 3.05) is 0 Å². The average Bonchev–Trinajstić information content (AvgIpc) is 2.17. The van der Waals surface area contributed by atoms with E-state index in [1.54, 1.807) is 0 Å². The molecule has 0 saturated heterocycles. The van der Waals surface area contributed by atoms with Crippen LogP contribution in [0.15, 0.2) is 24.3 Å². The molecule has 1 aromatic carbocycles. The largest absolute Gasteiger partial charge is 0.304 e. The molecule has 1 N–H and O–H groups in total. The molecule has 0 heterocycles. The van der Waals surface area contributed by atoms with Gasteiger partial charge >= 0.3 is 0 Å². The first-order chi connectivity index (χ1) is 6.95. The van der Waals surface area contributed by atoms with Crippen molar-refractivity contribution >= 4 is 5.71 Å². The van der Waals surface area contributed by atoms with E-state index in [0.29, 0.717) is 5.71 Å². The maximum absolute atomic E-state index is 8.05. The topological polar surface area (TPSA) is 23.9 Å². The third kappa shape index (κ3) is 3.19. The monoisotopic (exact) mass is 203 g/mol. The molecular weight excluding hydrogens is 182 g/mol. The molecule has 0 aromatic heterocycles. The van der Waals surface area contributed by atoms with Gasteiger partial charge in [0.05, 0.1) is 0 Å². The maximum Gasteiger partial charge on any atom is 0.0439 e. The van der Waals surface area contributed by atoms with Crippen molar-refractivity contribution in [1.82, 2.24) is 0 Å². The van der Waals surface area contributed by atoms with Gasteiger partial charge in [-0.25, -0.2) is 0 Å². The Hall–Kier alpha value is -1.11. The third-order valence-corrected chi connectivity index (χ3v) is 2.53. The van der Waals surface area contributed by atoms with Gasteiger partial charge in [-0.2, -0.15) is 0 Å². The second-order valence-corrected chi connectivity index (χ2v) is 5.07. The zero-order valence-electron chi connectivity index (χ0n) is 10.2. The van der Waals surface area contributed by atoms with Crippen molar-refractivity contribution in [1.29, 1.82) is 5.41 Å². The molecule has 0 bridgehead atoms. The van der Waals surface area contributed by atoms with E-state index >= 15 is 0 Å². The zero-order chi connectivity index (χ0) is 11.5. The molecule has 0 spiro atoms. The molecular formula is C14H21N. The Morgan fingerprint density at radius 2 is 1.67 bits per heavy atom. The Morgan fingerprint density at radius 3 is 2.07 bits per heavy atom. The summed E-state index contributed by atoms with van der Waals surface area (Å²) in [5.74, 6) is 0. The van der Waals surface area contributed by atoms with Crippen LogP contribution in [0.3, 0.4) is 0 Å². The molecule has 0 aliphatic heterocycles. The molecule has 82 valence electrons. The van der Waals surface area contributed by atoms with E-state index in [9.17, 15) is 0 Å². The van der Waals surface area contributed by atoms with Crippen LogP contribution in [-0.4, -0.2) is 5.71 Å². The van der Waals surface area contributed by atoms with E-state index in [-0.39, 0.29) is 5.41 Å². The van der Waals surface area contributed by atoms with Crippen molar-refractivity contribution in [3.05, 3.63) is 35.4 Å². The van der Waals surface area contributed by atoms with E-state index in [0.717, 1.165) is 12.0 Å². The standard InChI is InChI=1S/C14H21N/c1-5-6-11-7-9-12(10-8-11)13(15)14(2,3)4/h7-10,15H,5-6H2,1-4H3. The lowest BCUT2D eigenvalue weighted by atomic mass is 9.85. The lowest BCUT2D eigenvalue weighted by Crippen LogP contribution is -2.20. The van der Waals surface area contributed by atoms with Gasteiger partial charge in [0.2, 0.25) is 0 Å². The Kier molecular flexibility index (Phi) is 3.67. The van der Waals surface area contributed by atoms with Gasteiger partial charge in [0.1, 0.15) is 0 Å². The Bertz CT molecular complexity index is 327. The SMILES string of the molecule is CCCc1ccc(C(=N)C(C)(C)C)cc1. The van der Waals surface area contributed by atoms with Gasteiger partial charge < -0.3 is 5.41 Å². The van der Waals surface area contributed by atoms with Gasteiger partial charge in [-0.05, 0) is 17.5 Å². The van der Waals surface area contributed by atoms with Crippen LogP contribution in [0.4, 0.5) is 0 Å². The van der Waals surface area contributed by atoms with Gasteiger partial charge in [0.25, 0.3) is 0 Å². The Balaban J connectivity index is 2.85. The van der Waals surface area contributed by atoms with Crippen LogP contribution in [0.25, 0.3) is 0 Å². The van der Waals surface area contributed by atoms with Crippen molar-refractivity contribution in [2.45, 2.75) is 40.5 Å². The van der Waals surface area contributed by atoms with Gasteiger partial charge in [-0.3, -0.25) is 0 Å². The Labute approximate surface area is 93.0 Å². The van der Waals surface area contributed by atoms with Crippen LogP contribution < -0.4 is 0 Å². The number of nitrogens with one attached hydrogen (secondary N) is 1. The van der Waals surface area contributed by atoms with Crippen LogP contribution in [-0.2, 0) is 6.42 Å². The van der Waals surface area contributed by atoms with Crippen LogP contribution in [0, 0.1) is 10.8 Å². The molecule has 0 radical (unpaired) electrons. The molecule has 1 aromatic rings. The second-order valence-electron chi connectivity index (χ2n) is 5.07. The zero-order valence-corrected chi connectivity index (χ0v) is 10.2. The van der Waals surface area contributed by atoms with E-state index in [1.165, 1.54) is 12.0 Å². The predicted molar refractivity (Wildman–Crippen MR) is 66.7 cm³/mol. The summed E-state index contributed by atoms with van der Waals surface area (Å²) in [6.45, 7) is 8.42. The summed E-state index contributed by atoms with van der Waals surface area (Å²) < 4.78 is 0. The summed E-state index contributed by atoms with van der Waals surface area (Å²) in [4.78, 5) is 0. The maximum atomic E-state index is 8.05. The number of rotatable bonds is 3. The first-order valence-electron chi connectivity index (χ1n) is 5.63. The number of aryl methyl sites for hydroxylation is 1. The lowest BCUT2D eigenvalue weighted by molar-refractivity contribution is 0.588. The first-order valence-corrected chi connectivity index (χ1v) is 5.63. The molecule has 1 heteroatoms. The van der Waals surface area contributed by atoms with E-state index in [2.05, 4.69) is 52.0 Å². The van der Waals surface area contributed by atoms with Crippen LogP contribution in [0.1, 0.15) is 45.2 Å². The van der Waals surface area contributed by atoms with Crippen molar-refractivity contribution in [2.24, 2.45) is 5.41 Å². The predicted octanol–water partition coefficient (Wildman–Crippen LogP) is 4.05. The molecule has 0 saturated carbocycles. The molecule has 0 fully saturated rings. The summed E-state index contributed by atoms with van der Waals surface area (Å²) in [5.41, 5.74) is 3.06. The third-order valence-electron chi connectivity index (χ3n) is 2.53. The van der Waals surface area contributed by atoms with Gasteiger partial charge in [0, 0.05) is 11.1 Å². The van der Waals surface area contributed by atoms with E-state index in [1.807, 2.05) is 0 Å². The lowest BCUT2D eigenvalue weighted by Gasteiger charge is -2.20. The van der Waals surface area contributed by atoms with Crippen molar-refractivity contribution in [3.63, 3.8) is 0 Å². The minimum absolute atomic E-state index is 0.0632. The highest BCUT2D eigenvalue weighted by Gasteiger charge is 2.18. The molecule has 1 rings (SSSR count). The highest BCUT2D eigenvalue weighted by Crippen LogP contribution is 2.21. The van der Waals surface area contributed by atoms with Crippen molar-refractivity contribution < 1.29 is 0 Å². The normalized spacial score (nSPS) is 11.5. The van der Waals surface area contributed by atoms with Gasteiger partial charge in [-0.15, -0.1) is 0 Å². The average molecular weight is 203 g/mol. The molecule has 15 heavy (non-hydrogen) atoms. The van der Waals surface area contributed by atoms with Gasteiger partial charge in [-0.1, -0.05) is 58.4 Å². The quantitative estimate of drug-likeness (QED) is 0.716. The van der Waals surface area contributed by atoms with Gasteiger partial charge in [0.15, 0.2) is 0 Å². The minimum atomic E-state index is -0.0632. The summed E-state index contributed by atoms with van der Waals surface area (Å²) >= 11 is 0. The molecule has 1 nitrogen and oxygen atoms in total. The Morgan fingerprint density at radius 1 is 1.13 bits per heavy atom. The summed E-state index contributed by atoms with van der Waals surface area (Å²) in [5, 5.41) is 8.05. The fourth-order valence-corrected chi connectivity index (χ4v) is 1.56. The van der Waals surface area contributed by atoms with E-state index in [4.69, 9.17) is 5.41 Å². The molecule has 0 unspecified atom stereocenters. The summed E-state index contributed by atoms with van der Waals surface area (Å²) in [7, 11) is 0. The highest BCUT2D eigenvalue weighted by atomic mass is 14.5. The fraction of sp³-hybridized carbons (Fsp3) is 0.500. The molecule has 0 aliphatic rings. The minimum Gasteiger partial charge on any atom is -0.304 e. The van der Waals surface area contributed by atoms with Crippen LogP contribution in [0.2, 0.25) is 0 Å². The number of hydrogen-bond acceptors (Lipinski definition) is 1. The summed E-state index contributed by atoms with van der Waals surface area (Å²) in [6, 6.07) is 8.41. The molecule has 0 atom stereocenters. The summed E-state index contributed by atoms with van der Waals surface area (Å²) in [6.07, 6.45) is 2.30. The second kappa shape index (κ2) is 4.61. The number of benzene rings is 1.